The summed E-state index contributed by atoms with van der Waals surface area (Å²) < 4.78 is 5.68. The molecule has 1 N–H and O–H groups in total. The third kappa shape index (κ3) is 5.13. The fourth-order valence-corrected chi connectivity index (χ4v) is 6.98. The number of fused-ring (bicyclic) bond motifs is 2. The number of aliphatic hydroxyl groups excluding tert-OH is 1. The number of aromatic nitrogens is 1. The molecule has 2 aromatic rings. The van der Waals surface area contributed by atoms with Crippen LogP contribution in [-0.4, -0.2) is 64.2 Å². The Balaban J connectivity index is 1.51. The van der Waals surface area contributed by atoms with Gasteiger partial charge >= 0.3 is 6.09 Å². The number of thioether (sulfide) groups is 1. The molecule has 1 aromatic carbocycles. The van der Waals surface area contributed by atoms with E-state index in [4.69, 9.17) is 16.3 Å². The maximum atomic E-state index is 12.8. The average molecular weight is 516 g/mol. The number of aryl methyl sites for hydroxylation is 1. The first-order valence-electron chi connectivity index (χ1n) is 12.6. The highest BCUT2D eigenvalue weighted by atomic mass is 35.5. The van der Waals surface area contributed by atoms with E-state index in [2.05, 4.69) is 28.1 Å². The molecule has 0 bridgehead atoms. The van der Waals surface area contributed by atoms with Gasteiger partial charge in [-0.15, -0.1) is 11.8 Å². The van der Waals surface area contributed by atoms with Crippen molar-refractivity contribution in [1.82, 2.24) is 9.88 Å². The number of hydrogen-bond donors (Lipinski definition) is 1. The van der Waals surface area contributed by atoms with Crippen LogP contribution in [0.2, 0.25) is 5.02 Å². The zero-order valence-corrected chi connectivity index (χ0v) is 22.3. The molecule has 0 aliphatic carbocycles. The van der Waals surface area contributed by atoms with Gasteiger partial charge in [0.05, 0.1) is 12.3 Å². The van der Waals surface area contributed by atoms with Crippen LogP contribution in [-0.2, 0) is 17.6 Å². The largest absolute Gasteiger partial charge is 0.444 e. The minimum absolute atomic E-state index is 0.142. The van der Waals surface area contributed by atoms with Crippen LogP contribution >= 0.6 is 23.4 Å². The van der Waals surface area contributed by atoms with Gasteiger partial charge in [0.1, 0.15) is 5.60 Å². The van der Waals surface area contributed by atoms with E-state index in [0.29, 0.717) is 6.54 Å². The van der Waals surface area contributed by atoms with E-state index in [1.807, 2.05) is 31.9 Å². The molecule has 6 nitrogen and oxygen atoms in total. The standard InChI is InChI=1S/C27H34ClN3O3S/c1-27(2,3)34-26(33)30-10-5-7-19(15-30)31-11-4-6-17-12-18(28)13-22(24(17)31)21-8-9-29-23-14-20(16-32)35-25(21)23/h8-9,12-13,19-20,32H,4-7,10-11,14-16H2,1-3H3. The number of piperidine rings is 1. The van der Waals surface area contributed by atoms with Gasteiger partial charge in [0.25, 0.3) is 0 Å². The summed E-state index contributed by atoms with van der Waals surface area (Å²) in [7, 11) is 0. The minimum atomic E-state index is -0.502. The Bertz CT molecular complexity index is 1120. The molecule has 4 heterocycles. The number of carbonyl (C=O) groups excluding carboxylic acids is 1. The summed E-state index contributed by atoms with van der Waals surface area (Å²) in [5, 5.41) is 10.7. The maximum absolute atomic E-state index is 12.8. The molecule has 5 rings (SSSR count). The van der Waals surface area contributed by atoms with Gasteiger partial charge in [-0.2, -0.15) is 0 Å². The molecule has 0 spiro atoms. The lowest BCUT2D eigenvalue weighted by molar-refractivity contribution is 0.0197. The molecular formula is C27H34ClN3O3S. The van der Waals surface area contributed by atoms with Crippen molar-refractivity contribution in [1.29, 1.82) is 0 Å². The summed E-state index contributed by atoms with van der Waals surface area (Å²) in [5.74, 6) is 0. The fraction of sp³-hybridized carbons (Fsp3) is 0.556. The molecular weight excluding hydrogens is 482 g/mol. The lowest BCUT2D eigenvalue weighted by atomic mass is 9.91. The molecule has 35 heavy (non-hydrogen) atoms. The molecule has 2 atom stereocenters. The number of halogens is 1. The number of likely N-dealkylation sites (tertiary alicyclic amines) is 1. The van der Waals surface area contributed by atoms with Crippen molar-refractivity contribution in [3.8, 4) is 11.1 Å². The van der Waals surface area contributed by atoms with Crippen molar-refractivity contribution in [2.75, 3.05) is 31.1 Å². The van der Waals surface area contributed by atoms with Gasteiger partial charge in [-0.3, -0.25) is 4.98 Å². The number of nitrogens with zero attached hydrogens (tertiary/aromatic N) is 3. The third-order valence-electron chi connectivity index (χ3n) is 6.95. The molecule has 2 unspecified atom stereocenters. The van der Waals surface area contributed by atoms with Crippen molar-refractivity contribution < 1.29 is 14.6 Å². The van der Waals surface area contributed by atoms with E-state index in [9.17, 15) is 9.90 Å². The second-order valence-electron chi connectivity index (χ2n) is 10.7. The molecule has 1 saturated heterocycles. The summed E-state index contributed by atoms with van der Waals surface area (Å²) in [6.45, 7) is 8.22. The molecule has 0 radical (unpaired) electrons. The van der Waals surface area contributed by atoms with E-state index < -0.39 is 5.60 Å². The van der Waals surface area contributed by atoms with Crippen molar-refractivity contribution in [2.24, 2.45) is 0 Å². The van der Waals surface area contributed by atoms with Crippen LogP contribution in [0.15, 0.2) is 29.3 Å². The number of anilines is 1. The van der Waals surface area contributed by atoms with Crippen LogP contribution < -0.4 is 4.90 Å². The van der Waals surface area contributed by atoms with Crippen molar-refractivity contribution >= 4 is 35.1 Å². The molecule has 8 heteroatoms. The van der Waals surface area contributed by atoms with Crippen LogP contribution in [0.4, 0.5) is 10.5 Å². The van der Waals surface area contributed by atoms with Gasteiger partial charge in [-0.25, -0.2) is 4.79 Å². The van der Waals surface area contributed by atoms with Crippen LogP contribution in [0.3, 0.4) is 0 Å². The second-order valence-corrected chi connectivity index (χ2v) is 12.5. The molecule has 1 aromatic heterocycles. The number of amides is 1. The molecule has 3 aliphatic heterocycles. The Hall–Kier alpha value is -1.96. The minimum Gasteiger partial charge on any atom is -0.444 e. The first-order valence-corrected chi connectivity index (χ1v) is 13.8. The van der Waals surface area contributed by atoms with Crippen LogP contribution in [0.25, 0.3) is 11.1 Å². The monoisotopic (exact) mass is 515 g/mol. The van der Waals surface area contributed by atoms with E-state index in [1.165, 1.54) is 11.3 Å². The number of rotatable bonds is 3. The summed E-state index contributed by atoms with van der Waals surface area (Å²) in [5.41, 5.74) is 5.32. The summed E-state index contributed by atoms with van der Waals surface area (Å²) in [6.07, 6.45) is 6.47. The SMILES string of the molecule is CC(C)(C)OC(=O)N1CCCC(N2CCCc3cc(Cl)cc(-c4ccnc5c4SC(CO)C5)c32)C1. The van der Waals surface area contributed by atoms with Gasteiger partial charge < -0.3 is 19.6 Å². The molecule has 3 aliphatic rings. The number of aliphatic hydroxyl groups is 1. The molecule has 1 fully saturated rings. The topological polar surface area (TPSA) is 65.9 Å². The van der Waals surface area contributed by atoms with Gasteiger partial charge in [0, 0.05) is 70.3 Å². The van der Waals surface area contributed by atoms with Crippen LogP contribution in [0.1, 0.15) is 51.3 Å². The van der Waals surface area contributed by atoms with Crippen LogP contribution in [0, 0.1) is 0 Å². The van der Waals surface area contributed by atoms with E-state index >= 15 is 0 Å². The highest BCUT2D eigenvalue weighted by Crippen LogP contribution is 2.48. The third-order valence-corrected chi connectivity index (χ3v) is 8.51. The fourth-order valence-electron chi connectivity index (χ4n) is 5.52. The average Bonchev–Trinajstić information content (AvgIpc) is 3.26. The Kier molecular flexibility index (Phi) is 6.94. The Morgan fingerprint density at radius 2 is 2.09 bits per heavy atom. The lowest BCUT2D eigenvalue weighted by Crippen LogP contribution is -2.52. The predicted octanol–water partition coefficient (Wildman–Crippen LogP) is 5.56. The predicted molar refractivity (Wildman–Crippen MR) is 142 cm³/mol. The van der Waals surface area contributed by atoms with Crippen molar-refractivity contribution in [3.63, 3.8) is 0 Å². The van der Waals surface area contributed by atoms with Gasteiger partial charge in [0.15, 0.2) is 0 Å². The zero-order valence-electron chi connectivity index (χ0n) is 20.7. The van der Waals surface area contributed by atoms with Gasteiger partial charge in [0.2, 0.25) is 0 Å². The number of ether oxygens (including phenoxy) is 1. The molecule has 0 saturated carbocycles. The first-order chi connectivity index (χ1) is 16.7. The second kappa shape index (κ2) is 9.83. The number of pyridine rings is 1. The summed E-state index contributed by atoms with van der Waals surface area (Å²) in [4.78, 5) is 23.0. The highest BCUT2D eigenvalue weighted by Gasteiger charge is 2.35. The van der Waals surface area contributed by atoms with Crippen molar-refractivity contribution in [3.05, 3.63) is 40.7 Å². The number of hydrogen-bond acceptors (Lipinski definition) is 6. The molecule has 188 valence electrons. The molecule has 1 amide bonds. The smallest absolute Gasteiger partial charge is 0.410 e. The quantitative estimate of drug-likeness (QED) is 0.577. The van der Waals surface area contributed by atoms with Crippen molar-refractivity contribution in [2.45, 2.75) is 74.7 Å². The van der Waals surface area contributed by atoms with Crippen LogP contribution in [0.5, 0.6) is 0 Å². The zero-order chi connectivity index (χ0) is 24.7. The first kappa shape index (κ1) is 24.7. The summed E-state index contributed by atoms with van der Waals surface area (Å²) in [6, 6.07) is 6.49. The number of carbonyl (C=O) groups is 1. The Labute approximate surface area is 217 Å². The Morgan fingerprint density at radius 1 is 1.26 bits per heavy atom. The number of benzene rings is 1. The summed E-state index contributed by atoms with van der Waals surface area (Å²) >= 11 is 8.36. The van der Waals surface area contributed by atoms with Gasteiger partial charge in [-0.05, 0) is 70.2 Å². The van der Waals surface area contributed by atoms with E-state index in [0.717, 1.165) is 71.9 Å². The van der Waals surface area contributed by atoms with E-state index in [-0.39, 0.29) is 24.0 Å². The lowest BCUT2D eigenvalue weighted by Gasteiger charge is -2.44. The Morgan fingerprint density at radius 3 is 2.86 bits per heavy atom. The highest BCUT2D eigenvalue weighted by molar-refractivity contribution is 8.00. The normalized spacial score (nSPS) is 22.1. The maximum Gasteiger partial charge on any atom is 0.410 e. The van der Waals surface area contributed by atoms with E-state index in [1.54, 1.807) is 11.8 Å². The van der Waals surface area contributed by atoms with Gasteiger partial charge in [-0.1, -0.05) is 11.6 Å².